The molecule has 0 aliphatic carbocycles. The lowest BCUT2D eigenvalue weighted by Crippen LogP contribution is -2.42. The van der Waals surface area contributed by atoms with E-state index in [2.05, 4.69) is 17.1 Å². The molecule has 0 radical (unpaired) electrons. The number of rotatable bonds is 5. The van der Waals surface area contributed by atoms with Crippen LogP contribution in [0.2, 0.25) is 0 Å². The molecule has 1 aromatic rings. The molecule has 6 heteroatoms. The predicted octanol–water partition coefficient (Wildman–Crippen LogP) is 0.611. The lowest BCUT2D eigenvalue weighted by molar-refractivity contribution is 0.114. The predicted molar refractivity (Wildman–Crippen MR) is 60.4 cm³/mol. The van der Waals surface area contributed by atoms with E-state index in [0.29, 0.717) is 38.1 Å². The van der Waals surface area contributed by atoms with Gasteiger partial charge in [0.1, 0.15) is 6.61 Å². The Morgan fingerprint density at radius 1 is 1.59 bits per heavy atom. The van der Waals surface area contributed by atoms with Gasteiger partial charge < -0.3 is 19.7 Å². The molecular formula is C11H19N3O3. The minimum atomic E-state index is -0.379. The Balaban J connectivity index is 2.02. The zero-order chi connectivity index (χ0) is 12.3. The van der Waals surface area contributed by atoms with Crippen molar-refractivity contribution in [3.8, 4) is 0 Å². The number of aromatic nitrogens is 2. The number of hydrogen-bond donors (Lipinski definition) is 1. The fourth-order valence-corrected chi connectivity index (χ4v) is 1.76. The molecular weight excluding hydrogens is 222 g/mol. The summed E-state index contributed by atoms with van der Waals surface area (Å²) >= 11 is 0. The van der Waals surface area contributed by atoms with Gasteiger partial charge in [-0.15, -0.1) is 0 Å². The van der Waals surface area contributed by atoms with Crippen molar-refractivity contribution in [2.24, 2.45) is 5.73 Å². The number of nitrogens with two attached hydrogens (primary N) is 1. The smallest absolute Gasteiger partial charge is 0.236 e. The average molecular weight is 241 g/mol. The summed E-state index contributed by atoms with van der Waals surface area (Å²) in [6.07, 6.45) is 0.973. The monoisotopic (exact) mass is 241 g/mol. The van der Waals surface area contributed by atoms with Crippen LogP contribution in [-0.4, -0.2) is 36.0 Å². The molecule has 1 fully saturated rings. The van der Waals surface area contributed by atoms with Crippen LogP contribution in [0.1, 0.15) is 32.0 Å². The van der Waals surface area contributed by atoms with Crippen LogP contribution in [-0.2, 0) is 21.5 Å². The molecule has 2 rings (SSSR count). The second kappa shape index (κ2) is 5.12. The third-order valence-electron chi connectivity index (χ3n) is 3.05. The molecule has 1 aliphatic heterocycles. The average Bonchev–Trinajstić information content (AvgIpc) is 2.89. The van der Waals surface area contributed by atoms with Crippen molar-refractivity contribution < 1.29 is 14.0 Å². The fourth-order valence-electron chi connectivity index (χ4n) is 1.76. The van der Waals surface area contributed by atoms with E-state index in [9.17, 15) is 0 Å². The number of hydrogen-bond acceptors (Lipinski definition) is 6. The molecule has 1 aromatic heterocycles. The molecule has 0 bridgehead atoms. The van der Waals surface area contributed by atoms with E-state index in [4.69, 9.17) is 19.7 Å². The molecule has 2 atom stereocenters. The van der Waals surface area contributed by atoms with Gasteiger partial charge >= 0.3 is 0 Å². The normalized spacial score (nSPS) is 28.8. The van der Waals surface area contributed by atoms with Gasteiger partial charge in [-0.3, -0.25) is 0 Å². The highest BCUT2D eigenvalue weighted by Crippen LogP contribution is 2.30. The van der Waals surface area contributed by atoms with Gasteiger partial charge in [-0.2, -0.15) is 4.98 Å². The van der Waals surface area contributed by atoms with Gasteiger partial charge in [0.05, 0.1) is 18.6 Å². The Kier molecular flexibility index (Phi) is 3.76. The standard InChI is InChI=1S/C11H19N3O3/c1-3-4-15-6-9-13-10(17-14-9)11(2)7-16-5-8(11)12/h8H,3-7,12H2,1-2H3. The molecule has 1 saturated heterocycles. The maximum atomic E-state index is 5.99. The van der Waals surface area contributed by atoms with E-state index in [1.54, 1.807) is 0 Å². The van der Waals surface area contributed by atoms with E-state index < -0.39 is 0 Å². The van der Waals surface area contributed by atoms with Gasteiger partial charge in [0, 0.05) is 12.6 Å². The summed E-state index contributed by atoms with van der Waals surface area (Å²) in [6.45, 7) is 6.16. The van der Waals surface area contributed by atoms with Crippen molar-refractivity contribution >= 4 is 0 Å². The molecule has 0 amide bonds. The Hall–Kier alpha value is -0.980. The van der Waals surface area contributed by atoms with Crippen LogP contribution in [0, 0.1) is 0 Å². The Morgan fingerprint density at radius 2 is 2.41 bits per heavy atom. The minimum absolute atomic E-state index is 0.104. The van der Waals surface area contributed by atoms with Crippen LogP contribution in [0.25, 0.3) is 0 Å². The van der Waals surface area contributed by atoms with Gasteiger partial charge in [0.15, 0.2) is 5.82 Å². The van der Waals surface area contributed by atoms with E-state index in [1.807, 2.05) is 6.92 Å². The second-order valence-corrected chi connectivity index (χ2v) is 4.61. The first-order chi connectivity index (χ1) is 8.16. The Labute approximate surface area is 100 Å². The first kappa shape index (κ1) is 12.5. The Morgan fingerprint density at radius 3 is 3.06 bits per heavy atom. The van der Waals surface area contributed by atoms with Crippen molar-refractivity contribution in [2.45, 2.75) is 38.3 Å². The molecule has 2 N–H and O–H groups in total. The number of ether oxygens (including phenoxy) is 2. The third kappa shape index (κ3) is 2.48. The van der Waals surface area contributed by atoms with E-state index in [-0.39, 0.29) is 11.5 Å². The topological polar surface area (TPSA) is 83.4 Å². The van der Waals surface area contributed by atoms with Crippen molar-refractivity contribution in [3.63, 3.8) is 0 Å². The second-order valence-electron chi connectivity index (χ2n) is 4.61. The summed E-state index contributed by atoms with van der Waals surface area (Å²) in [7, 11) is 0. The van der Waals surface area contributed by atoms with Gasteiger partial charge in [-0.25, -0.2) is 0 Å². The van der Waals surface area contributed by atoms with Gasteiger partial charge in [0.25, 0.3) is 0 Å². The van der Waals surface area contributed by atoms with Crippen molar-refractivity contribution in [3.05, 3.63) is 11.7 Å². The van der Waals surface area contributed by atoms with Crippen LogP contribution in [0.4, 0.5) is 0 Å². The van der Waals surface area contributed by atoms with Crippen LogP contribution in [0.3, 0.4) is 0 Å². The van der Waals surface area contributed by atoms with Crippen LogP contribution >= 0.6 is 0 Å². The summed E-state index contributed by atoms with van der Waals surface area (Å²) in [6, 6.07) is -0.104. The highest BCUT2D eigenvalue weighted by Gasteiger charge is 2.44. The van der Waals surface area contributed by atoms with Crippen molar-refractivity contribution in [1.29, 1.82) is 0 Å². The van der Waals surface area contributed by atoms with Gasteiger partial charge in [-0.1, -0.05) is 12.1 Å². The van der Waals surface area contributed by atoms with Gasteiger partial charge in [0.2, 0.25) is 5.89 Å². The molecule has 2 heterocycles. The molecule has 96 valence electrons. The molecule has 0 saturated carbocycles. The fraction of sp³-hybridized carbons (Fsp3) is 0.818. The summed E-state index contributed by atoms with van der Waals surface area (Å²) in [4.78, 5) is 4.32. The van der Waals surface area contributed by atoms with E-state index in [0.717, 1.165) is 6.42 Å². The third-order valence-corrected chi connectivity index (χ3v) is 3.05. The largest absolute Gasteiger partial charge is 0.379 e. The summed E-state index contributed by atoms with van der Waals surface area (Å²) in [5, 5.41) is 3.89. The van der Waals surface area contributed by atoms with Crippen molar-refractivity contribution in [2.75, 3.05) is 19.8 Å². The molecule has 0 aromatic carbocycles. The SMILES string of the molecule is CCCOCc1noc(C2(C)COCC2N)n1. The lowest BCUT2D eigenvalue weighted by atomic mass is 9.86. The first-order valence-electron chi connectivity index (χ1n) is 5.91. The van der Waals surface area contributed by atoms with Crippen LogP contribution in [0.5, 0.6) is 0 Å². The zero-order valence-electron chi connectivity index (χ0n) is 10.3. The summed E-state index contributed by atoms with van der Waals surface area (Å²) in [5.74, 6) is 1.10. The summed E-state index contributed by atoms with van der Waals surface area (Å²) in [5.41, 5.74) is 5.61. The molecule has 2 unspecified atom stereocenters. The van der Waals surface area contributed by atoms with E-state index in [1.165, 1.54) is 0 Å². The van der Waals surface area contributed by atoms with Crippen molar-refractivity contribution in [1.82, 2.24) is 10.1 Å². The highest BCUT2D eigenvalue weighted by atomic mass is 16.5. The zero-order valence-corrected chi connectivity index (χ0v) is 10.3. The quantitative estimate of drug-likeness (QED) is 0.760. The molecule has 17 heavy (non-hydrogen) atoms. The first-order valence-corrected chi connectivity index (χ1v) is 5.91. The number of nitrogens with zero attached hydrogens (tertiary/aromatic N) is 2. The minimum Gasteiger partial charge on any atom is -0.379 e. The Bertz CT molecular complexity index is 369. The lowest BCUT2D eigenvalue weighted by Gasteiger charge is -2.21. The van der Waals surface area contributed by atoms with E-state index >= 15 is 0 Å². The van der Waals surface area contributed by atoms with Crippen LogP contribution < -0.4 is 5.73 Å². The molecule has 1 aliphatic rings. The highest BCUT2D eigenvalue weighted by molar-refractivity contribution is 5.11. The maximum Gasteiger partial charge on any atom is 0.236 e. The molecule has 0 spiro atoms. The maximum absolute atomic E-state index is 5.99. The van der Waals surface area contributed by atoms with Crippen LogP contribution in [0.15, 0.2) is 4.52 Å². The molecule has 6 nitrogen and oxygen atoms in total. The van der Waals surface area contributed by atoms with Gasteiger partial charge in [-0.05, 0) is 13.3 Å². The summed E-state index contributed by atoms with van der Waals surface area (Å²) < 4.78 is 16.0.